The van der Waals surface area contributed by atoms with Crippen LogP contribution < -0.4 is 4.72 Å². The molecule has 96 valence electrons. The molecule has 0 atom stereocenters. The van der Waals surface area contributed by atoms with Crippen LogP contribution in [0.4, 0.5) is 4.39 Å². The highest BCUT2D eigenvalue weighted by Gasteiger charge is 2.16. The first-order valence-corrected chi connectivity index (χ1v) is 6.45. The molecule has 2 aromatic rings. The molecule has 0 fully saturated rings. The Kier molecular flexibility index (Phi) is 3.34. The summed E-state index contributed by atoms with van der Waals surface area (Å²) in [5, 5.41) is 12.7. The average molecular weight is 271 g/mol. The highest BCUT2D eigenvalue weighted by atomic mass is 32.2. The van der Waals surface area contributed by atoms with Crippen LogP contribution >= 0.6 is 0 Å². The highest BCUT2D eigenvalue weighted by molar-refractivity contribution is 7.89. The number of aromatic amines is 1. The van der Waals surface area contributed by atoms with Crippen LogP contribution in [0.2, 0.25) is 0 Å². The second-order valence-corrected chi connectivity index (χ2v) is 5.33. The van der Waals surface area contributed by atoms with E-state index in [-0.39, 0.29) is 17.3 Å². The van der Waals surface area contributed by atoms with Gasteiger partial charge in [0.25, 0.3) is 0 Å². The van der Waals surface area contributed by atoms with Crippen molar-refractivity contribution in [2.24, 2.45) is 0 Å². The Labute approximate surface area is 102 Å². The number of sulfonamides is 1. The van der Waals surface area contributed by atoms with Crippen LogP contribution in [-0.2, 0) is 16.6 Å². The zero-order chi connectivity index (χ0) is 13.2. The van der Waals surface area contributed by atoms with Gasteiger partial charge in [-0.2, -0.15) is 5.21 Å². The van der Waals surface area contributed by atoms with Crippen molar-refractivity contribution in [2.45, 2.75) is 18.4 Å². The number of rotatable bonds is 4. The molecule has 0 saturated heterocycles. The van der Waals surface area contributed by atoms with Gasteiger partial charge in [0.1, 0.15) is 5.82 Å². The third-order valence-electron chi connectivity index (χ3n) is 2.26. The molecule has 18 heavy (non-hydrogen) atoms. The molecule has 0 aliphatic carbocycles. The van der Waals surface area contributed by atoms with Crippen LogP contribution in [0.1, 0.15) is 11.4 Å². The minimum atomic E-state index is -3.79. The first kappa shape index (κ1) is 12.6. The standard InChI is InChI=1S/C9H10FN5O2S/c1-6-2-3-7(4-8(6)10)18(16,17)11-5-9-12-14-15-13-9/h2-4,11H,5H2,1H3,(H,12,13,14,15). The molecule has 9 heteroatoms. The Hall–Kier alpha value is -1.87. The summed E-state index contributed by atoms with van der Waals surface area (Å²) in [4.78, 5) is -0.144. The topological polar surface area (TPSA) is 101 Å². The molecule has 0 bridgehead atoms. The van der Waals surface area contributed by atoms with Crippen LogP contribution in [0.5, 0.6) is 0 Å². The molecule has 0 radical (unpaired) electrons. The molecule has 0 unspecified atom stereocenters. The predicted octanol–water partition coefficient (Wildman–Crippen LogP) is 0.126. The number of hydrogen-bond acceptors (Lipinski definition) is 5. The largest absolute Gasteiger partial charge is 0.241 e. The predicted molar refractivity (Wildman–Crippen MR) is 59.3 cm³/mol. The number of halogens is 1. The Balaban J connectivity index is 2.17. The molecule has 0 saturated carbocycles. The third-order valence-corrected chi connectivity index (χ3v) is 3.66. The van der Waals surface area contributed by atoms with E-state index in [1.54, 1.807) is 6.92 Å². The first-order valence-electron chi connectivity index (χ1n) is 4.97. The zero-order valence-corrected chi connectivity index (χ0v) is 10.2. The SMILES string of the molecule is Cc1ccc(S(=O)(=O)NCc2nn[nH]n2)cc1F. The second-order valence-electron chi connectivity index (χ2n) is 3.56. The van der Waals surface area contributed by atoms with Crippen LogP contribution in [0.15, 0.2) is 23.1 Å². The van der Waals surface area contributed by atoms with E-state index in [0.29, 0.717) is 5.56 Å². The maximum atomic E-state index is 13.3. The Morgan fingerprint density at radius 2 is 2.22 bits per heavy atom. The normalized spacial score (nSPS) is 11.7. The molecule has 0 aliphatic rings. The van der Waals surface area contributed by atoms with Gasteiger partial charge in [-0.3, -0.25) is 0 Å². The molecule has 2 rings (SSSR count). The van der Waals surface area contributed by atoms with Crippen molar-refractivity contribution in [3.05, 3.63) is 35.4 Å². The summed E-state index contributed by atoms with van der Waals surface area (Å²) in [6, 6.07) is 3.70. The van der Waals surface area contributed by atoms with Gasteiger partial charge < -0.3 is 0 Å². The number of benzene rings is 1. The fourth-order valence-corrected chi connectivity index (χ4v) is 2.23. The number of hydrogen-bond donors (Lipinski definition) is 2. The fourth-order valence-electron chi connectivity index (χ4n) is 1.24. The minimum Gasteiger partial charge on any atom is -0.207 e. The monoisotopic (exact) mass is 271 g/mol. The number of aryl methyl sites for hydroxylation is 1. The quantitative estimate of drug-likeness (QED) is 0.823. The molecule has 0 amide bonds. The van der Waals surface area contributed by atoms with Gasteiger partial charge in [-0.25, -0.2) is 17.5 Å². The van der Waals surface area contributed by atoms with Gasteiger partial charge in [-0.05, 0) is 24.6 Å². The summed E-state index contributed by atoms with van der Waals surface area (Å²) in [5.41, 5.74) is 0.382. The third kappa shape index (κ3) is 2.68. The van der Waals surface area contributed by atoms with E-state index >= 15 is 0 Å². The van der Waals surface area contributed by atoms with E-state index < -0.39 is 15.8 Å². The summed E-state index contributed by atoms with van der Waals surface area (Å²) < 4.78 is 39.2. The second kappa shape index (κ2) is 4.78. The lowest BCUT2D eigenvalue weighted by Gasteiger charge is -2.05. The van der Waals surface area contributed by atoms with Crippen LogP contribution in [0, 0.1) is 12.7 Å². The lowest BCUT2D eigenvalue weighted by Crippen LogP contribution is -2.24. The molecule has 0 aliphatic heterocycles. The maximum Gasteiger partial charge on any atom is 0.241 e. The van der Waals surface area contributed by atoms with Crippen molar-refractivity contribution in [1.29, 1.82) is 0 Å². The molecular weight excluding hydrogens is 261 g/mol. The van der Waals surface area contributed by atoms with Crippen molar-refractivity contribution >= 4 is 10.0 Å². The number of aromatic nitrogens is 4. The van der Waals surface area contributed by atoms with E-state index in [0.717, 1.165) is 6.07 Å². The van der Waals surface area contributed by atoms with Gasteiger partial charge in [0.05, 0.1) is 11.4 Å². The molecular formula is C9H10FN5O2S. The molecule has 7 nitrogen and oxygen atoms in total. The lowest BCUT2D eigenvalue weighted by atomic mass is 10.2. The number of nitrogens with zero attached hydrogens (tertiary/aromatic N) is 3. The van der Waals surface area contributed by atoms with Gasteiger partial charge in [0.15, 0.2) is 5.82 Å². The van der Waals surface area contributed by atoms with E-state index in [1.807, 2.05) is 0 Å². The Bertz CT molecular complexity index is 641. The smallest absolute Gasteiger partial charge is 0.207 e. The van der Waals surface area contributed by atoms with Crippen molar-refractivity contribution in [3.63, 3.8) is 0 Å². The number of H-pyrrole nitrogens is 1. The summed E-state index contributed by atoms with van der Waals surface area (Å²) in [7, 11) is -3.79. The van der Waals surface area contributed by atoms with Crippen molar-refractivity contribution < 1.29 is 12.8 Å². The van der Waals surface area contributed by atoms with E-state index in [2.05, 4.69) is 25.3 Å². The fraction of sp³-hybridized carbons (Fsp3) is 0.222. The van der Waals surface area contributed by atoms with Crippen LogP contribution in [0.3, 0.4) is 0 Å². The Morgan fingerprint density at radius 1 is 1.44 bits per heavy atom. The van der Waals surface area contributed by atoms with Gasteiger partial charge in [0.2, 0.25) is 10.0 Å². The number of nitrogens with one attached hydrogen (secondary N) is 2. The minimum absolute atomic E-state index is 0.117. The van der Waals surface area contributed by atoms with Gasteiger partial charge in [-0.15, -0.1) is 10.2 Å². The van der Waals surface area contributed by atoms with Gasteiger partial charge in [-0.1, -0.05) is 11.3 Å². The van der Waals surface area contributed by atoms with E-state index in [1.165, 1.54) is 12.1 Å². The van der Waals surface area contributed by atoms with Crippen LogP contribution in [0.25, 0.3) is 0 Å². The summed E-state index contributed by atoms with van der Waals surface area (Å²) >= 11 is 0. The zero-order valence-electron chi connectivity index (χ0n) is 9.38. The summed E-state index contributed by atoms with van der Waals surface area (Å²) in [6.45, 7) is 1.44. The molecule has 1 heterocycles. The highest BCUT2D eigenvalue weighted by Crippen LogP contribution is 2.14. The van der Waals surface area contributed by atoms with Crippen molar-refractivity contribution in [3.8, 4) is 0 Å². The van der Waals surface area contributed by atoms with Crippen molar-refractivity contribution in [1.82, 2.24) is 25.3 Å². The molecule has 2 N–H and O–H groups in total. The van der Waals surface area contributed by atoms with Gasteiger partial charge >= 0.3 is 0 Å². The van der Waals surface area contributed by atoms with Gasteiger partial charge in [0, 0.05) is 0 Å². The Morgan fingerprint density at radius 3 is 2.83 bits per heavy atom. The first-order chi connectivity index (χ1) is 8.49. The maximum absolute atomic E-state index is 13.3. The van der Waals surface area contributed by atoms with Crippen molar-refractivity contribution in [2.75, 3.05) is 0 Å². The molecule has 0 spiro atoms. The lowest BCUT2D eigenvalue weighted by molar-refractivity contribution is 0.574. The van der Waals surface area contributed by atoms with Crippen LogP contribution in [-0.4, -0.2) is 29.0 Å². The summed E-state index contributed by atoms with van der Waals surface area (Å²) in [5.74, 6) is -0.372. The molecule has 1 aromatic heterocycles. The average Bonchev–Trinajstić information content (AvgIpc) is 2.83. The number of tetrazole rings is 1. The van der Waals surface area contributed by atoms with E-state index in [4.69, 9.17) is 0 Å². The summed E-state index contributed by atoms with van der Waals surface area (Å²) in [6.07, 6.45) is 0. The molecule has 1 aromatic carbocycles. The van der Waals surface area contributed by atoms with E-state index in [9.17, 15) is 12.8 Å².